The lowest BCUT2D eigenvalue weighted by atomic mass is 10.3. The maximum atomic E-state index is 13.1. The summed E-state index contributed by atoms with van der Waals surface area (Å²) in [5, 5.41) is 10.1. The smallest absolute Gasteiger partial charge is 0.273 e. The van der Waals surface area contributed by atoms with Gasteiger partial charge in [-0.05, 0) is 25.1 Å². The SMILES string of the molecule is CNC(=O)c1nnn(-c2ccc(F)c(Cl)c2)c1C. The van der Waals surface area contributed by atoms with Crippen LogP contribution in [0.2, 0.25) is 5.02 Å². The van der Waals surface area contributed by atoms with Gasteiger partial charge in [0.25, 0.3) is 5.91 Å². The first-order valence-electron chi connectivity index (χ1n) is 5.14. The molecule has 0 aliphatic carbocycles. The maximum absolute atomic E-state index is 13.1. The van der Waals surface area contributed by atoms with E-state index in [1.165, 1.54) is 29.9 Å². The molecule has 18 heavy (non-hydrogen) atoms. The third-order valence-corrected chi connectivity index (χ3v) is 2.77. The summed E-state index contributed by atoms with van der Waals surface area (Å²) in [6, 6.07) is 4.17. The van der Waals surface area contributed by atoms with Crippen molar-refractivity contribution in [3.63, 3.8) is 0 Å². The molecule has 0 atom stereocenters. The molecule has 1 N–H and O–H groups in total. The van der Waals surface area contributed by atoms with Gasteiger partial charge in [0.15, 0.2) is 5.69 Å². The third-order valence-electron chi connectivity index (χ3n) is 2.48. The largest absolute Gasteiger partial charge is 0.354 e. The van der Waals surface area contributed by atoms with Crippen LogP contribution in [-0.4, -0.2) is 27.9 Å². The van der Waals surface area contributed by atoms with Crippen LogP contribution in [0.15, 0.2) is 18.2 Å². The highest BCUT2D eigenvalue weighted by molar-refractivity contribution is 6.30. The van der Waals surface area contributed by atoms with Crippen molar-refractivity contribution in [2.75, 3.05) is 7.05 Å². The summed E-state index contributed by atoms with van der Waals surface area (Å²) in [6.07, 6.45) is 0. The fourth-order valence-corrected chi connectivity index (χ4v) is 1.69. The second-order valence-electron chi connectivity index (χ2n) is 3.61. The minimum Gasteiger partial charge on any atom is -0.354 e. The van der Waals surface area contributed by atoms with Gasteiger partial charge in [-0.2, -0.15) is 0 Å². The molecule has 0 fully saturated rings. The Hall–Kier alpha value is -1.95. The summed E-state index contributed by atoms with van der Waals surface area (Å²) in [7, 11) is 1.51. The Labute approximate surface area is 108 Å². The number of amides is 1. The van der Waals surface area contributed by atoms with Gasteiger partial charge in [-0.1, -0.05) is 16.8 Å². The molecule has 1 aromatic carbocycles. The van der Waals surface area contributed by atoms with Gasteiger partial charge in [-0.25, -0.2) is 9.07 Å². The van der Waals surface area contributed by atoms with E-state index in [4.69, 9.17) is 11.6 Å². The second kappa shape index (κ2) is 4.73. The molecule has 0 bridgehead atoms. The molecule has 1 heterocycles. The number of nitrogens with one attached hydrogen (secondary N) is 1. The van der Waals surface area contributed by atoms with Crippen LogP contribution in [0.25, 0.3) is 5.69 Å². The summed E-state index contributed by atoms with van der Waals surface area (Å²) in [6.45, 7) is 1.70. The lowest BCUT2D eigenvalue weighted by Gasteiger charge is -2.04. The van der Waals surface area contributed by atoms with Gasteiger partial charge < -0.3 is 5.32 Å². The van der Waals surface area contributed by atoms with Crippen molar-refractivity contribution in [3.8, 4) is 5.69 Å². The van der Waals surface area contributed by atoms with E-state index in [9.17, 15) is 9.18 Å². The highest BCUT2D eigenvalue weighted by Crippen LogP contribution is 2.19. The van der Waals surface area contributed by atoms with Crippen molar-refractivity contribution in [1.82, 2.24) is 20.3 Å². The van der Waals surface area contributed by atoms with Crippen molar-refractivity contribution in [1.29, 1.82) is 0 Å². The number of benzene rings is 1. The van der Waals surface area contributed by atoms with Crippen LogP contribution in [0.3, 0.4) is 0 Å². The Morgan fingerprint density at radius 3 is 2.83 bits per heavy atom. The van der Waals surface area contributed by atoms with Crippen molar-refractivity contribution >= 4 is 17.5 Å². The third kappa shape index (κ3) is 2.06. The molecule has 1 aromatic heterocycles. The van der Waals surface area contributed by atoms with E-state index in [1.54, 1.807) is 6.92 Å². The highest BCUT2D eigenvalue weighted by Gasteiger charge is 2.16. The fourth-order valence-electron chi connectivity index (χ4n) is 1.52. The lowest BCUT2D eigenvalue weighted by Crippen LogP contribution is -2.19. The normalized spacial score (nSPS) is 10.4. The Morgan fingerprint density at radius 1 is 1.50 bits per heavy atom. The van der Waals surface area contributed by atoms with Gasteiger partial charge >= 0.3 is 0 Å². The number of carbonyl (C=O) groups is 1. The summed E-state index contributed by atoms with van der Waals surface area (Å²) < 4.78 is 14.5. The minimum absolute atomic E-state index is 0.0103. The van der Waals surface area contributed by atoms with Gasteiger partial charge in [-0.15, -0.1) is 5.10 Å². The van der Waals surface area contributed by atoms with E-state index in [1.807, 2.05) is 0 Å². The standard InChI is InChI=1S/C11H10ClFN4O/c1-6-10(11(18)14-2)15-16-17(6)7-3-4-9(13)8(12)5-7/h3-5H,1-2H3,(H,14,18). The number of hydrogen-bond donors (Lipinski definition) is 1. The summed E-state index contributed by atoms with van der Waals surface area (Å²) in [5.41, 5.74) is 1.32. The minimum atomic E-state index is -0.510. The molecule has 1 amide bonds. The van der Waals surface area contributed by atoms with Gasteiger partial charge in [0.1, 0.15) is 5.82 Å². The molecule has 0 aliphatic rings. The monoisotopic (exact) mass is 268 g/mol. The zero-order valence-electron chi connectivity index (χ0n) is 9.74. The van der Waals surface area contributed by atoms with Crippen LogP contribution in [0.5, 0.6) is 0 Å². The number of rotatable bonds is 2. The summed E-state index contributed by atoms with van der Waals surface area (Å²) >= 11 is 5.70. The van der Waals surface area contributed by atoms with Crippen molar-refractivity contribution < 1.29 is 9.18 Å². The van der Waals surface area contributed by atoms with Crippen molar-refractivity contribution in [2.24, 2.45) is 0 Å². The first-order valence-corrected chi connectivity index (χ1v) is 5.52. The predicted molar refractivity (Wildman–Crippen MR) is 64.5 cm³/mol. The Bertz CT molecular complexity index is 611. The van der Waals surface area contributed by atoms with E-state index in [-0.39, 0.29) is 16.6 Å². The van der Waals surface area contributed by atoms with Gasteiger partial charge in [0.05, 0.1) is 16.4 Å². The average Bonchev–Trinajstić information content (AvgIpc) is 2.74. The Balaban J connectivity index is 2.48. The van der Waals surface area contributed by atoms with Gasteiger partial charge in [-0.3, -0.25) is 4.79 Å². The van der Waals surface area contributed by atoms with Crippen LogP contribution < -0.4 is 5.32 Å². The molecule has 2 rings (SSSR count). The molecule has 0 saturated carbocycles. The van der Waals surface area contributed by atoms with Gasteiger partial charge in [0.2, 0.25) is 0 Å². The van der Waals surface area contributed by atoms with Gasteiger partial charge in [0, 0.05) is 7.05 Å². The van der Waals surface area contributed by atoms with E-state index in [0.717, 1.165) is 0 Å². The Morgan fingerprint density at radius 2 is 2.22 bits per heavy atom. The second-order valence-corrected chi connectivity index (χ2v) is 4.02. The summed E-state index contributed by atoms with van der Waals surface area (Å²) in [4.78, 5) is 11.5. The predicted octanol–water partition coefficient (Wildman–Crippen LogP) is 1.73. The number of carbonyl (C=O) groups excluding carboxylic acids is 1. The molecule has 0 spiro atoms. The number of halogens is 2. The number of nitrogens with zero attached hydrogens (tertiary/aromatic N) is 3. The van der Waals surface area contributed by atoms with E-state index in [0.29, 0.717) is 11.4 Å². The van der Waals surface area contributed by atoms with Crippen molar-refractivity contribution in [3.05, 3.63) is 40.4 Å². The molecule has 94 valence electrons. The maximum Gasteiger partial charge on any atom is 0.273 e. The highest BCUT2D eigenvalue weighted by atomic mass is 35.5. The molecule has 0 radical (unpaired) electrons. The molecule has 7 heteroatoms. The van der Waals surface area contributed by atoms with E-state index >= 15 is 0 Å². The quantitative estimate of drug-likeness (QED) is 0.902. The van der Waals surface area contributed by atoms with E-state index in [2.05, 4.69) is 15.6 Å². The average molecular weight is 269 g/mol. The first kappa shape index (κ1) is 12.5. The molecule has 0 saturated heterocycles. The van der Waals surface area contributed by atoms with E-state index < -0.39 is 5.82 Å². The van der Waals surface area contributed by atoms with Crippen LogP contribution in [0.4, 0.5) is 4.39 Å². The molecule has 5 nitrogen and oxygen atoms in total. The molecular weight excluding hydrogens is 259 g/mol. The zero-order valence-corrected chi connectivity index (χ0v) is 10.5. The van der Waals surface area contributed by atoms with Crippen LogP contribution >= 0.6 is 11.6 Å². The fraction of sp³-hybridized carbons (Fsp3) is 0.182. The molecule has 0 unspecified atom stereocenters. The molecular formula is C11H10ClFN4O. The van der Waals surface area contributed by atoms with Crippen molar-refractivity contribution in [2.45, 2.75) is 6.92 Å². The number of hydrogen-bond acceptors (Lipinski definition) is 3. The van der Waals surface area contributed by atoms with Crippen LogP contribution in [0, 0.1) is 12.7 Å². The molecule has 2 aromatic rings. The number of aromatic nitrogens is 3. The zero-order chi connectivity index (χ0) is 13.3. The van der Waals surface area contributed by atoms with Crippen LogP contribution in [0.1, 0.15) is 16.2 Å². The van der Waals surface area contributed by atoms with Crippen LogP contribution in [-0.2, 0) is 0 Å². The lowest BCUT2D eigenvalue weighted by molar-refractivity contribution is 0.0957. The Kier molecular flexibility index (Phi) is 3.29. The topological polar surface area (TPSA) is 59.8 Å². The summed E-state index contributed by atoms with van der Waals surface area (Å²) in [5.74, 6) is -0.836. The first-order chi connectivity index (χ1) is 8.54. The molecule has 0 aliphatic heterocycles.